The summed E-state index contributed by atoms with van der Waals surface area (Å²) in [7, 11) is 0. The van der Waals surface area contributed by atoms with Crippen molar-refractivity contribution in [1.29, 1.82) is 0 Å². The summed E-state index contributed by atoms with van der Waals surface area (Å²) < 4.78 is 18.6. The molecule has 0 fully saturated rings. The fraction of sp³-hybridized carbons (Fsp3) is 0.0667. The normalized spacial score (nSPS) is 10.8. The van der Waals surface area contributed by atoms with Crippen molar-refractivity contribution < 1.29 is 19.1 Å². The number of benzene rings is 2. The van der Waals surface area contributed by atoms with E-state index >= 15 is 0 Å². The van der Waals surface area contributed by atoms with Gasteiger partial charge in [0.25, 0.3) is 5.89 Å². The Balaban J connectivity index is 2.01. The molecule has 106 valence electrons. The highest BCUT2D eigenvalue weighted by molar-refractivity contribution is 5.62. The minimum absolute atomic E-state index is 0.119. The van der Waals surface area contributed by atoms with Gasteiger partial charge in [-0.2, -0.15) is 4.98 Å². The molecule has 0 amide bonds. The van der Waals surface area contributed by atoms with E-state index in [-0.39, 0.29) is 29.0 Å². The maximum absolute atomic E-state index is 13.5. The van der Waals surface area contributed by atoms with Crippen molar-refractivity contribution in [2.45, 2.75) is 6.92 Å². The molecule has 2 aromatic carbocycles. The number of aromatic nitrogens is 2. The first-order valence-corrected chi connectivity index (χ1v) is 6.16. The lowest BCUT2D eigenvalue weighted by atomic mass is 10.1. The van der Waals surface area contributed by atoms with Crippen molar-refractivity contribution in [2.24, 2.45) is 0 Å². The van der Waals surface area contributed by atoms with Gasteiger partial charge < -0.3 is 14.7 Å². The van der Waals surface area contributed by atoms with Gasteiger partial charge in [0.05, 0.1) is 0 Å². The van der Waals surface area contributed by atoms with Crippen molar-refractivity contribution in [3.63, 3.8) is 0 Å². The Bertz CT molecular complexity index is 794. The van der Waals surface area contributed by atoms with Gasteiger partial charge in [0, 0.05) is 17.2 Å². The minimum Gasteiger partial charge on any atom is -0.508 e. The second kappa shape index (κ2) is 4.90. The molecule has 1 heterocycles. The molecule has 0 saturated heterocycles. The first kappa shape index (κ1) is 13.1. The van der Waals surface area contributed by atoms with E-state index in [9.17, 15) is 14.6 Å². The van der Waals surface area contributed by atoms with Crippen LogP contribution in [0.2, 0.25) is 0 Å². The molecule has 0 aliphatic rings. The summed E-state index contributed by atoms with van der Waals surface area (Å²) in [6.45, 7) is 1.66. The molecule has 3 aromatic rings. The van der Waals surface area contributed by atoms with Crippen LogP contribution in [0, 0.1) is 12.7 Å². The molecule has 0 bridgehead atoms. The monoisotopic (exact) mass is 286 g/mol. The van der Waals surface area contributed by atoms with Crippen molar-refractivity contribution >= 4 is 0 Å². The second-order valence-electron chi connectivity index (χ2n) is 4.63. The third-order valence-corrected chi connectivity index (χ3v) is 3.01. The summed E-state index contributed by atoms with van der Waals surface area (Å²) >= 11 is 0. The van der Waals surface area contributed by atoms with Crippen LogP contribution in [-0.2, 0) is 0 Å². The molecule has 3 rings (SSSR count). The summed E-state index contributed by atoms with van der Waals surface area (Å²) in [6, 6.07) is 8.59. The predicted molar refractivity (Wildman–Crippen MR) is 73.2 cm³/mol. The average molecular weight is 286 g/mol. The van der Waals surface area contributed by atoms with Gasteiger partial charge in [-0.15, -0.1) is 0 Å². The van der Waals surface area contributed by atoms with Crippen molar-refractivity contribution in [3.05, 3.63) is 47.8 Å². The lowest BCUT2D eigenvalue weighted by Gasteiger charge is -1.98. The molecule has 2 N–H and O–H groups in total. The SMILES string of the molecule is Cc1ccc(-c2noc(-c3cc(O)cc(O)c3)n2)cc1F. The highest BCUT2D eigenvalue weighted by Gasteiger charge is 2.13. The van der Waals surface area contributed by atoms with Gasteiger partial charge in [0.2, 0.25) is 5.82 Å². The molecule has 1 aromatic heterocycles. The highest BCUT2D eigenvalue weighted by atomic mass is 19.1. The van der Waals surface area contributed by atoms with Gasteiger partial charge in [-0.05, 0) is 30.7 Å². The number of hydrogen-bond donors (Lipinski definition) is 2. The Hall–Kier alpha value is -2.89. The molecule has 0 radical (unpaired) electrons. The van der Waals surface area contributed by atoms with Crippen LogP contribution in [0.25, 0.3) is 22.8 Å². The van der Waals surface area contributed by atoms with Gasteiger partial charge in [-0.3, -0.25) is 0 Å². The standard InChI is InChI=1S/C15H11FN2O3/c1-8-2-3-9(6-13(8)16)14-17-15(21-18-14)10-4-11(19)7-12(20)5-10/h2-7,19-20H,1H3. The third-order valence-electron chi connectivity index (χ3n) is 3.01. The molecule has 0 aliphatic carbocycles. The van der Waals surface area contributed by atoms with E-state index in [1.807, 2.05) is 0 Å². The van der Waals surface area contributed by atoms with Crippen LogP contribution in [-0.4, -0.2) is 20.4 Å². The summed E-state index contributed by atoms with van der Waals surface area (Å²) in [5, 5.41) is 22.7. The number of phenolic OH excluding ortho intramolecular Hbond substituents is 2. The van der Waals surface area contributed by atoms with Gasteiger partial charge in [0.1, 0.15) is 17.3 Å². The molecule has 6 heteroatoms. The topological polar surface area (TPSA) is 79.4 Å². The Morgan fingerprint density at radius 3 is 2.38 bits per heavy atom. The number of aromatic hydroxyl groups is 2. The Labute approximate surface area is 119 Å². The van der Waals surface area contributed by atoms with E-state index < -0.39 is 0 Å². The smallest absolute Gasteiger partial charge is 0.258 e. The maximum atomic E-state index is 13.5. The first-order valence-electron chi connectivity index (χ1n) is 6.16. The Morgan fingerprint density at radius 1 is 1.00 bits per heavy atom. The molecule has 5 nitrogen and oxygen atoms in total. The van der Waals surface area contributed by atoms with Gasteiger partial charge in [0.15, 0.2) is 0 Å². The van der Waals surface area contributed by atoms with E-state index in [4.69, 9.17) is 4.52 Å². The Kier molecular flexibility index (Phi) is 3.06. The Morgan fingerprint density at radius 2 is 1.71 bits per heavy atom. The predicted octanol–water partition coefficient (Wildman–Crippen LogP) is 3.26. The zero-order chi connectivity index (χ0) is 15.0. The van der Waals surface area contributed by atoms with E-state index in [1.54, 1.807) is 19.1 Å². The van der Waals surface area contributed by atoms with Crippen LogP contribution >= 0.6 is 0 Å². The van der Waals surface area contributed by atoms with Crippen LogP contribution in [0.4, 0.5) is 4.39 Å². The van der Waals surface area contributed by atoms with E-state index in [2.05, 4.69) is 10.1 Å². The molecule has 0 atom stereocenters. The van der Waals surface area contributed by atoms with Crippen LogP contribution in [0.15, 0.2) is 40.9 Å². The molecule has 0 unspecified atom stereocenters. The zero-order valence-electron chi connectivity index (χ0n) is 11.0. The number of halogens is 1. The van der Waals surface area contributed by atoms with E-state index in [0.717, 1.165) is 0 Å². The summed E-state index contributed by atoms with van der Waals surface area (Å²) in [4.78, 5) is 4.14. The van der Waals surface area contributed by atoms with Crippen LogP contribution in [0.5, 0.6) is 11.5 Å². The van der Waals surface area contributed by atoms with Crippen LogP contribution < -0.4 is 0 Å². The maximum Gasteiger partial charge on any atom is 0.258 e. The van der Waals surface area contributed by atoms with Crippen molar-refractivity contribution in [1.82, 2.24) is 10.1 Å². The summed E-state index contributed by atoms with van der Waals surface area (Å²) in [5.74, 6) is -0.241. The summed E-state index contributed by atoms with van der Waals surface area (Å²) in [5.41, 5.74) is 1.39. The molecule has 0 saturated carbocycles. The number of rotatable bonds is 2. The fourth-order valence-electron chi connectivity index (χ4n) is 1.91. The first-order chi connectivity index (χ1) is 10.0. The lowest BCUT2D eigenvalue weighted by Crippen LogP contribution is -1.86. The lowest BCUT2D eigenvalue weighted by molar-refractivity contribution is 0.428. The van der Waals surface area contributed by atoms with E-state index in [0.29, 0.717) is 16.7 Å². The number of aryl methyl sites for hydroxylation is 1. The van der Waals surface area contributed by atoms with Gasteiger partial charge in [-0.1, -0.05) is 17.3 Å². The summed E-state index contributed by atoms with van der Waals surface area (Å²) in [6.07, 6.45) is 0. The highest BCUT2D eigenvalue weighted by Crippen LogP contribution is 2.29. The zero-order valence-corrected chi connectivity index (χ0v) is 11.0. The van der Waals surface area contributed by atoms with Crippen LogP contribution in [0.1, 0.15) is 5.56 Å². The number of phenols is 2. The van der Waals surface area contributed by atoms with Crippen molar-refractivity contribution in [2.75, 3.05) is 0 Å². The molecular formula is C15H11FN2O3. The quantitative estimate of drug-likeness (QED) is 0.756. The molecule has 0 spiro atoms. The van der Waals surface area contributed by atoms with Gasteiger partial charge >= 0.3 is 0 Å². The molecule has 21 heavy (non-hydrogen) atoms. The number of hydrogen-bond acceptors (Lipinski definition) is 5. The third kappa shape index (κ3) is 2.55. The van der Waals surface area contributed by atoms with Crippen molar-refractivity contribution in [3.8, 4) is 34.3 Å². The largest absolute Gasteiger partial charge is 0.508 e. The molecular weight excluding hydrogens is 275 g/mol. The average Bonchev–Trinajstić information content (AvgIpc) is 2.90. The minimum atomic E-state index is -0.353. The van der Waals surface area contributed by atoms with E-state index in [1.165, 1.54) is 24.3 Å². The fourth-order valence-corrected chi connectivity index (χ4v) is 1.91. The number of nitrogens with zero attached hydrogens (tertiary/aromatic N) is 2. The van der Waals surface area contributed by atoms with Gasteiger partial charge in [-0.25, -0.2) is 4.39 Å². The molecule has 0 aliphatic heterocycles. The second-order valence-corrected chi connectivity index (χ2v) is 4.63. The van der Waals surface area contributed by atoms with Crippen LogP contribution in [0.3, 0.4) is 0 Å².